The number of ether oxygens (including phenoxy) is 1. The van der Waals surface area contributed by atoms with Gasteiger partial charge in [0.1, 0.15) is 10.6 Å². The molecule has 6 heteroatoms. The van der Waals surface area contributed by atoms with Crippen molar-refractivity contribution in [3.63, 3.8) is 0 Å². The molecule has 0 amide bonds. The van der Waals surface area contributed by atoms with Gasteiger partial charge in [0.05, 0.1) is 11.2 Å². The second kappa shape index (κ2) is 5.15. The fourth-order valence-electron chi connectivity index (χ4n) is 1.82. The first-order valence-corrected chi connectivity index (χ1v) is 6.99. The van der Waals surface area contributed by atoms with Gasteiger partial charge < -0.3 is 14.0 Å². The summed E-state index contributed by atoms with van der Waals surface area (Å²) in [5.74, 6) is -0.285. The Bertz CT molecular complexity index is 692. The zero-order valence-corrected chi connectivity index (χ0v) is 13.5. The van der Waals surface area contributed by atoms with Crippen LogP contribution in [0.15, 0.2) is 12.3 Å². The fourth-order valence-corrected chi connectivity index (χ4v) is 2.03. The van der Waals surface area contributed by atoms with E-state index in [2.05, 4.69) is 4.98 Å². The topological polar surface area (TPSA) is 40.6 Å². The van der Waals surface area contributed by atoms with Crippen LogP contribution in [0.2, 0.25) is 5.02 Å². The van der Waals surface area contributed by atoms with E-state index in [-0.39, 0.29) is 10.9 Å². The van der Waals surface area contributed by atoms with Gasteiger partial charge in [-0.3, -0.25) is 0 Å². The summed E-state index contributed by atoms with van der Waals surface area (Å²) in [7, 11) is -0.717. The van der Waals surface area contributed by atoms with Gasteiger partial charge in [0.15, 0.2) is 0 Å². The Labute approximate surface area is 140 Å². The zero-order valence-electron chi connectivity index (χ0n) is 18.8. The van der Waals surface area contributed by atoms with Crippen molar-refractivity contribution in [2.45, 2.75) is 65.1 Å². The van der Waals surface area contributed by atoms with E-state index in [1.807, 2.05) is 27.7 Å². The molecule has 2 heterocycles. The van der Waals surface area contributed by atoms with Crippen molar-refractivity contribution in [2.75, 3.05) is 0 Å². The Balaban J connectivity index is 2.33. The first-order chi connectivity index (χ1) is 11.9. The predicted octanol–water partition coefficient (Wildman–Crippen LogP) is 3.21. The van der Waals surface area contributed by atoms with Crippen molar-refractivity contribution in [2.24, 2.45) is 0 Å². The molecule has 0 bridgehead atoms. The predicted molar refractivity (Wildman–Crippen MR) is 85.3 cm³/mol. The van der Waals surface area contributed by atoms with E-state index in [4.69, 9.17) is 33.9 Å². The van der Waals surface area contributed by atoms with Gasteiger partial charge in [-0.05, 0) is 54.4 Å². The van der Waals surface area contributed by atoms with Crippen LogP contribution in [0.25, 0.3) is 0 Å². The van der Waals surface area contributed by atoms with E-state index in [1.54, 1.807) is 0 Å². The summed E-state index contributed by atoms with van der Waals surface area (Å²) in [6.07, 6.45) is 1.36. The van der Waals surface area contributed by atoms with Gasteiger partial charge in [0.2, 0.25) is 5.88 Å². The molecule has 1 aliphatic heterocycles. The van der Waals surface area contributed by atoms with Crippen molar-refractivity contribution in [3.05, 3.63) is 17.3 Å². The minimum absolute atomic E-state index is 0.0399. The van der Waals surface area contributed by atoms with Gasteiger partial charge in [0.25, 0.3) is 0 Å². The molecule has 1 saturated heterocycles. The number of nitrogens with zero attached hydrogens (tertiary/aromatic N) is 1. The summed E-state index contributed by atoms with van der Waals surface area (Å²) in [4.78, 5) is 4.02. The molecule has 1 aromatic rings. The summed E-state index contributed by atoms with van der Waals surface area (Å²) in [5, 5.41) is -0.0399. The highest BCUT2D eigenvalue weighted by Gasteiger charge is 2.51. The summed E-state index contributed by atoms with van der Waals surface area (Å²) in [6, 6.07) is 1.46. The quantitative estimate of drug-likeness (QED) is 0.785. The van der Waals surface area contributed by atoms with E-state index in [0.29, 0.717) is 5.46 Å². The Hall–Kier alpha value is -0.775. The van der Waals surface area contributed by atoms with E-state index >= 15 is 0 Å². The lowest BCUT2D eigenvalue weighted by Gasteiger charge is -2.32. The minimum atomic E-state index is -2.92. The lowest BCUT2D eigenvalue weighted by atomic mass is 9.80. The number of rotatable bonds is 2. The van der Waals surface area contributed by atoms with Crippen LogP contribution in [0.3, 0.4) is 0 Å². The van der Waals surface area contributed by atoms with E-state index in [9.17, 15) is 0 Å². The molecule has 4 nitrogen and oxygen atoms in total. The maximum absolute atomic E-state index is 7.56. The van der Waals surface area contributed by atoms with Gasteiger partial charge in [-0.2, -0.15) is 0 Å². The number of hydrogen-bond donors (Lipinski definition) is 0. The van der Waals surface area contributed by atoms with Crippen molar-refractivity contribution in [3.8, 4) is 5.88 Å². The van der Waals surface area contributed by atoms with Gasteiger partial charge in [-0.25, -0.2) is 4.98 Å². The molecular formula is C15H23BClNO3. The average molecular weight is 318 g/mol. The molecule has 1 aromatic heterocycles. The molecule has 21 heavy (non-hydrogen) atoms. The van der Waals surface area contributed by atoms with Crippen molar-refractivity contribution in [1.29, 1.82) is 0 Å². The maximum Gasteiger partial charge on any atom is 0.496 e. The average Bonchev–Trinajstić information content (AvgIpc) is 2.67. The standard InChI is InChI=1S/C15H23BClNO3/c1-13(2,3)19-12-11(17)8-10(9-18-12)16-20-14(4,5)15(6,7)21-16/h8-9H,1-7H3/i1D3,2D3. The van der Waals surface area contributed by atoms with Crippen molar-refractivity contribution >= 4 is 24.2 Å². The molecule has 1 fully saturated rings. The summed E-state index contributed by atoms with van der Waals surface area (Å²) >= 11 is 6.19. The summed E-state index contributed by atoms with van der Waals surface area (Å²) in [6.45, 7) is 2.75. The van der Waals surface area contributed by atoms with Crippen LogP contribution in [0.4, 0.5) is 0 Å². The third-order valence-corrected chi connectivity index (χ3v) is 3.93. The molecule has 0 atom stereocenters. The fraction of sp³-hybridized carbons (Fsp3) is 0.667. The zero-order chi connectivity index (χ0) is 21.1. The third-order valence-electron chi connectivity index (χ3n) is 3.65. The first-order valence-electron chi connectivity index (χ1n) is 9.61. The second-order valence-electron chi connectivity index (χ2n) is 6.28. The Morgan fingerprint density at radius 2 is 1.86 bits per heavy atom. The molecule has 0 aliphatic carbocycles. The number of hydrogen-bond acceptors (Lipinski definition) is 4. The van der Waals surface area contributed by atoms with Crippen molar-refractivity contribution in [1.82, 2.24) is 4.98 Å². The summed E-state index contributed by atoms with van der Waals surface area (Å²) < 4.78 is 62.5. The Kier molecular flexibility index (Phi) is 2.47. The molecule has 0 N–H and O–H groups in total. The van der Waals surface area contributed by atoms with Gasteiger partial charge in [-0.15, -0.1) is 0 Å². The van der Waals surface area contributed by atoms with Crippen LogP contribution in [-0.2, 0) is 9.31 Å². The molecule has 0 radical (unpaired) electrons. The molecule has 0 unspecified atom stereocenters. The summed E-state index contributed by atoms with van der Waals surface area (Å²) in [5.41, 5.74) is -3.07. The molecule has 116 valence electrons. The lowest BCUT2D eigenvalue weighted by molar-refractivity contribution is 0.00578. The molecule has 1 aliphatic rings. The smallest absolute Gasteiger partial charge is 0.471 e. The van der Waals surface area contributed by atoms with Gasteiger partial charge >= 0.3 is 7.12 Å². The highest BCUT2D eigenvalue weighted by molar-refractivity contribution is 6.62. The Morgan fingerprint density at radius 3 is 2.33 bits per heavy atom. The van der Waals surface area contributed by atoms with Crippen LogP contribution < -0.4 is 10.2 Å². The Morgan fingerprint density at radius 1 is 1.29 bits per heavy atom. The first kappa shape index (κ1) is 10.1. The number of halogens is 1. The second-order valence-corrected chi connectivity index (χ2v) is 6.69. The maximum atomic E-state index is 7.56. The van der Waals surface area contributed by atoms with Crippen LogP contribution in [0, 0.1) is 0 Å². The van der Waals surface area contributed by atoms with Gasteiger partial charge in [0, 0.05) is 19.9 Å². The highest BCUT2D eigenvalue weighted by Crippen LogP contribution is 2.36. The van der Waals surface area contributed by atoms with E-state index in [0.717, 1.165) is 6.92 Å². The van der Waals surface area contributed by atoms with Gasteiger partial charge in [-0.1, -0.05) is 11.6 Å². The van der Waals surface area contributed by atoms with Crippen LogP contribution >= 0.6 is 11.6 Å². The molecular weight excluding hydrogens is 288 g/mol. The highest BCUT2D eigenvalue weighted by atomic mass is 35.5. The number of aromatic nitrogens is 1. The van der Waals surface area contributed by atoms with E-state index in [1.165, 1.54) is 12.3 Å². The monoisotopic (exact) mass is 317 g/mol. The minimum Gasteiger partial charge on any atom is -0.471 e. The molecule has 0 spiro atoms. The normalized spacial score (nSPS) is 26.1. The molecule has 0 aromatic carbocycles. The largest absolute Gasteiger partial charge is 0.496 e. The van der Waals surface area contributed by atoms with Crippen LogP contribution in [0.1, 0.15) is 56.5 Å². The molecule has 2 rings (SSSR count). The molecule has 0 saturated carbocycles. The van der Waals surface area contributed by atoms with Crippen LogP contribution in [0.5, 0.6) is 5.88 Å². The van der Waals surface area contributed by atoms with E-state index < -0.39 is 37.6 Å². The van der Waals surface area contributed by atoms with Crippen molar-refractivity contribution < 1.29 is 22.3 Å². The lowest BCUT2D eigenvalue weighted by Crippen LogP contribution is -2.41. The number of pyridine rings is 1. The van der Waals surface area contributed by atoms with Crippen LogP contribution in [-0.4, -0.2) is 28.9 Å². The SMILES string of the molecule is [2H]C([2H])([2H])C(C)(Oc1ncc(B2OC(C)(C)C(C)(C)O2)cc1Cl)C([2H])([2H])[2H]. The third kappa shape index (κ3) is 3.53.